The number of pyridine rings is 2. The van der Waals surface area contributed by atoms with Crippen molar-refractivity contribution in [2.75, 3.05) is 11.9 Å². The Bertz CT molecular complexity index is 917. The molecule has 0 saturated carbocycles. The summed E-state index contributed by atoms with van der Waals surface area (Å²) in [6.07, 6.45) is 10.0. The highest BCUT2D eigenvalue weighted by Gasteiger charge is 2.28. The number of piperidine rings is 1. The number of hydrogen-bond donors (Lipinski definition) is 1. The maximum Gasteiger partial charge on any atom is 0.241 e. The third-order valence-electron chi connectivity index (χ3n) is 5.04. The number of carbonyl (C=O) groups excluding carboxylic acids is 1. The van der Waals surface area contributed by atoms with Crippen LogP contribution in [0.5, 0.6) is 11.5 Å². The standard InChI is InChI=1S/C23H24N4O2/c28-23(22-5-1-2-15-27(22)17-18-10-13-24-14-11-18)26-19-6-8-20(9-7-19)29-21-4-3-12-25-16-21/h3-4,6-14,16,22H,1-2,5,15,17H2,(H,26,28). The van der Waals surface area contributed by atoms with Gasteiger partial charge in [-0.25, -0.2) is 0 Å². The van der Waals surface area contributed by atoms with Gasteiger partial charge in [0.05, 0.1) is 12.2 Å². The number of hydrogen-bond acceptors (Lipinski definition) is 5. The minimum Gasteiger partial charge on any atom is -0.456 e. The fourth-order valence-corrected chi connectivity index (χ4v) is 3.58. The number of nitrogens with zero attached hydrogens (tertiary/aromatic N) is 3. The molecule has 1 unspecified atom stereocenters. The Balaban J connectivity index is 1.38. The van der Waals surface area contributed by atoms with Gasteiger partial charge in [-0.15, -0.1) is 0 Å². The zero-order chi connectivity index (χ0) is 19.9. The summed E-state index contributed by atoms with van der Waals surface area (Å²) in [5.41, 5.74) is 1.94. The van der Waals surface area contributed by atoms with Gasteiger partial charge in [0.15, 0.2) is 0 Å². The molecule has 0 spiro atoms. The van der Waals surface area contributed by atoms with E-state index in [1.54, 1.807) is 24.8 Å². The SMILES string of the molecule is O=C(Nc1ccc(Oc2cccnc2)cc1)C1CCCCN1Cc1ccncc1. The van der Waals surface area contributed by atoms with E-state index in [0.29, 0.717) is 11.5 Å². The van der Waals surface area contributed by atoms with Crippen molar-refractivity contribution in [3.8, 4) is 11.5 Å². The van der Waals surface area contributed by atoms with Gasteiger partial charge in [0.1, 0.15) is 11.5 Å². The van der Waals surface area contributed by atoms with Crippen molar-refractivity contribution in [1.29, 1.82) is 0 Å². The molecule has 1 aliphatic heterocycles. The van der Waals surface area contributed by atoms with Crippen LogP contribution >= 0.6 is 0 Å². The summed E-state index contributed by atoms with van der Waals surface area (Å²) in [5.74, 6) is 1.42. The Labute approximate surface area is 170 Å². The molecular formula is C23H24N4O2. The minimum absolute atomic E-state index is 0.0414. The number of likely N-dealkylation sites (tertiary alicyclic amines) is 1. The third kappa shape index (κ3) is 5.18. The summed E-state index contributed by atoms with van der Waals surface area (Å²) in [6.45, 7) is 1.69. The topological polar surface area (TPSA) is 67.3 Å². The molecule has 6 heteroatoms. The predicted octanol–water partition coefficient (Wildman–Crippen LogP) is 4.26. The molecule has 3 aromatic rings. The molecule has 0 radical (unpaired) electrons. The highest BCUT2D eigenvalue weighted by Crippen LogP contribution is 2.24. The van der Waals surface area contributed by atoms with Gasteiger partial charge in [-0.05, 0) is 73.5 Å². The molecule has 29 heavy (non-hydrogen) atoms. The maximum absolute atomic E-state index is 12.9. The van der Waals surface area contributed by atoms with Crippen LogP contribution in [0.25, 0.3) is 0 Å². The van der Waals surface area contributed by atoms with Crippen molar-refractivity contribution in [1.82, 2.24) is 14.9 Å². The van der Waals surface area contributed by atoms with Crippen molar-refractivity contribution in [2.24, 2.45) is 0 Å². The van der Waals surface area contributed by atoms with Crippen molar-refractivity contribution >= 4 is 11.6 Å². The number of benzene rings is 1. The van der Waals surface area contributed by atoms with Gasteiger partial charge >= 0.3 is 0 Å². The molecule has 2 aromatic heterocycles. The first-order valence-corrected chi connectivity index (χ1v) is 9.90. The molecule has 1 N–H and O–H groups in total. The molecule has 1 atom stereocenters. The van der Waals surface area contributed by atoms with Crippen LogP contribution in [0.4, 0.5) is 5.69 Å². The molecule has 1 aromatic carbocycles. The monoisotopic (exact) mass is 388 g/mol. The maximum atomic E-state index is 12.9. The predicted molar refractivity (Wildman–Crippen MR) is 112 cm³/mol. The number of amides is 1. The largest absolute Gasteiger partial charge is 0.456 e. The molecule has 3 heterocycles. The molecule has 148 valence electrons. The molecular weight excluding hydrogens is 364 g/mol. The quantitative estimate of drug-likeness (QED) is 0.683. The Morgan fingerprint density at radius 1 is 1.00 bits per heavy atom. The van der Waals surface area contributed by atoms with Crippen molar-refractivity contribution < 1.29 is 9.53 Å². The molecule has 0 bridgehead atoms. The average Bonchev–Trinajstić information content (AvgIpc) is 2.77. The van der Waals surface area contributed by atoms with Crippen LogP contribution in [0.3, 0.4) is 0 Å². The van der Waals surface area contributed by atoms with E-state index in [4.69, 9.17) is 4.74 Å². The van der Waals surface area contributed by atoms with Gasteiger partial charge in [0.2, 0.25) is 5.91 Å². The molecule has 1 saturated heterocycles. The van der Waals surface area contributed by atoms with Gasteiger partial charge in [-0.2, -0.15) is 0 Å². The van der Waals surface area contributed by atoms with E-state index in [0.717, 1.165) is 38.0 Å². The van der Waals surface area contributed by atoms with E-state index < -0.39 is 0 Å². The van der Waals surface area contributed by atoms with E-state index in [1.165, 1.54) is 5.56 Å². The lowest BCUT2D eigenvalue weighted by Crippen LogP contribution is -2.46. The molecule has 1 fully saturated rings. The summed E-state index contributed by atoms with van der Waals surface area (Å²) in [6, 6.07) is 15.0. The Hall–Kier alpha value is -3.25. The smallest absolute Gasteiger partial charge is 0.241 e. The minimum atomic E-state index is -0.122. The summed E-state index contributed by atoms with van der Waals surface area (Å²) in [7, 11) is 0. The van der Waals surface area contributed by atoms with Crippen LogP contribution in [0.2, 0.25) is 0 Å². The first-order valence-electron chi connectivity index (χ1n) is 9.90. The number of carbonyl (C=O) groups is 1. The van der Waals surface area contributed by atoms with E-state index in [2.05, 4.69) is 20.2 Å². The van der Waals surface area contributed by atoms with Gasteiger partial charge < -0.3 is 10.1 Å². The van der Waals surface area contributed by atoms with Crippen LogP contribution in [0, 0.1) is 0 Å². The van der Waals surface area contributed by atoms with Crippen LogP contribution in [0.15, 0.2) is 73.3 Å². The van der Waals surface area contributed by atoms with Crippen molar-refractivity contribution in [2.45, 2.75) is 31.8 Å². The number of anilines is 1. The lowest BCUT2D eigenvalue weighted by atomic mass is 10.0. The molecule has 1 aliphatic rings. The Morgan fingerprint density at radius 3 is 2.59 bits per heavy atom. The van der Waals surface area contributed by atoms with Gasteiger partial charge in [-0.3, -0.25) is 19.7 Å². The Morgan fingerprint density at radius 2 is 1.83 bits per heavy atom. The van der Waals surface area contributed by atoms with E-state index in [1.807, 2.05) is 48.5 Å². The van der Waals surface area contributed by atoms with E-state index >= 15 is 0 Å². The summed E-state index contributed by atoms with van der Waals surface area (Å²) >= 11 is 0. The number of nitrogens with one attached hydrogen (secondary N) is 1. The highest BCUT2D eigenvalue weighted by atomic mass is 16.5. The molecule has 1 amide bonds. The second kappa shape index (κ2) is 9.30. The van der Waals surface area contributed by atoms with Crippen LogP contribution in [-0.4, -0.2) is 33.4 Å². The second-order valence-corrected chi connectivity index (χ2v) is 7.14. The first kappa shape index (κ1) is 19.1. The fraction of sp³-hybridized carbons (Fsp3) is 0.261. The lowest BCUT2D eigenvalue weighted by molar-refractivity contribution is -0.122. The highest BCUT2D eigenvalue weighted by molar-refractivity contribution is 5.94. The summed E-state index contributed by atoms with van der Waals surface area (Å²) in [4.78, 5) is 23.3. The van der Waals surface area contributed by atoms with E-state index in [9.17, 15) is 4.79 Å². The lowest BCUT2D eigenvalue weighted by Gasteiger charge is -2.34. The zero-order valence-electron chi connectivity index (χ0n) is 16.2. The van der Waals surface area contributed by atoms with Crippen molar-refractivity contribution in [3.05, 3.63) is 78.9 Å². The number of aromatic nitrogens is 2. The molecule has 4 rings (SSSR count). The fourth-order valence-electron chi connectivity index (χ4n) is 3.58. The van der Waals surface area contributed by atoms with Gasteiger partial charge in [0, 0.05) is 30.8 Å². The number of ether oxygens (including phenoxy) is 1. The van der Waals surface area contributed by atoms with Gasteiger partial charge in [0.25, 0.3) is 0 Å². The average molecular weight is 388 g/mol. The van der Waals surface area contributed by atoms with Gasteiger partial charge in [-0.1, -0.05) is 6.42 Å². The molecule has 0 aliphatic carbocycles. The van der Waals surface area contributed by atoms with E-state index in [-0.39, 0.29) is 11.9 Å². The Kier molecular flexibility index (Phi) is 6.12. The summed E-state index contributed by atoms with van der Waals surface area (Å²) < 4.78 is 5.75. The van der Waals surface area contributed by atoms with Crippen LogP contribution in [0.1, 0.15) is 24.8 Å². The first-order chi connectivity index (χ1) is 14.3. The summed E-state index contributed by atoms with van der Waals surface area (Å²) in [5, 5.41) is 3.06. The second-order valence-electron chi connectivity index (χ2n) is 7.14. The molecule has 6 nitrogen and oxygen atoms in total. The van der Waals surface area contributed by atoms with Crippen LogP contribution < -0.4 is 10.1 Å². The number of rotatable bonds is 6. The normalized spacial score (nSPS) is 16.9. The van der Waals surface area contributed by atoms with Crippen LogP contribution in [-0.2, 0) is 11.3 Å². The zero-order valence-corrected chi connectivity index (χ0v) is 16.2. The third-order valence-corrected chi connectivity index (χ3v) is 5.04. The van der Waals surface area contributed by atoms with Crippen molar-refractivity contribution in [3.63, 3.8) is 0 Å².